The molecule has 4 rings (SSSR count). The number of alkyl halides is 9. The normalized spacial score (nSPS) is 17.0. The number of aliphatic carboxylic acids is 1. The number of anilines is 2. The first-order valence-corrected chi connectivity index (χ1v) is 17.1. The van der Waals surface area contributed by atoms with Crippen LogP contribution in [0, 0.1) is 11.8 Å². The lowest BCUT2D eigenvalue weighted by Gasteiger charge is -2.28. The summed E-state index contributed by atoms with van der Waals surface area (Å²) in [6, 6.07) is 7.46. The van der Waals surface area contributed by atoms with Gasteiger partial charge in [-0.25, -0.2) is 33.1 Å². The van der Waals surface area contributed by atoms with Crippen molar-refractivity contribution in [2.75, 3.05) is 23.8 Å². The lowest BCUT2D eigenvalue weighted by molar-refractivity contribution is -0.192. The number of hydrogen-bond acceptors (Lipinski definition) is 9. The third kappa shape index (κ3) is 13.4. The van der Waals surface area contributed by atoms with E-state index < -0.39 is 62.2 Å². The number of ether oxygens (including phenoxy) is 1. The number of benzene rings is 2. The summed E-state index contributed by atoms with van der Waals surface area (Å²) in [5.41, 5.74) is 1.75. The van der Waals surface area contributed by atoms with Crippen LogP contribution in [0.25, 0.3) is 10.9 Å². The number of para-hydroxylation sites is 1. The number of halogens is 9. The molecule has 1 aromatic heterocycles. The van der Waals surface area contributed by atoms with Crippen molar-refractivity contribution in [3.05, 3.63) is 53.6 Å². The van der Waals surface area contributed by atoms with E-state index >= 15 is 0 Å². The number of carboxylic acid groups (broad SMARTS) is 1. The molecule has 53 heavy (non-hydrogen) atoms. The van der Waals surface area contributed by atoms with Crippen LogP contribution in [0.5, 0.6) is 0 Å². The van der Waals surface area contributed by atoms with E-state index in [4.69, 9.17) is 14.6 Å². The molecule has 1 heterocycles. The Kier molecular flexibility index (Phi) is 13.4. The smallest absolute Gasteiger partial charge is 0.475 e. The van der Waals surface area contributed by atoms with Crippen LogP contribution in [-0.4, -0.2) is 60.4 Å². The number of carbonyl (C=O) groups excluding carboxylic acids is 1. The van der Waals surface area contributed by atoms with Crippen LogP contribution in [0.15, 0.2) is 47.4 Å². The van der Waals surface area contributed by atoms with E-state index in [1.54, 1.807) is 39.0 Å². The minimum atomic E-state index is -5.16. The molecule has 0 spiro atoms. The van der Waals surface area contributed by atoms with Crippen molar-refractivity contribution in [3.63, 3.8) is 0 Å². The Hall–Kier alpha value is -4.60. The number of hydrogen-bond donors (Lipinski definition) is 5. The van der Waals surface area contributed by atoms with Crippen molar-refractivity contribution in [1.82, 2.24) is 20.1 Å². The quantitative estimate of drug-likeness (QED) is 0.109. The minimum Gasteiger partial charge on any atom is -0.475 e. The molecule has 2 aromatic carbocycles. The summed E-state index contributed by atoms with van der Waals surface area (Å²) in [7, 11) is -4.65. The van der Waals surface area contributed by atoms with Gasteiger partial charge in [-0.15, -0.1) is 0 Å². The average Bonchev–Trinajstić information content (AvgIpc) is 3.04. The summed E-state index contributed by atoms with van der Waals surface area (Å²) in [4.78, 5) is 28.9. The van der Waals surface area contributed by atoms with Gasteiger partial charge in [0, 0.05) is 18.5 Å². The third-order valence-electron chi connectivity index (χ3n) is 7.48. The maximum atomic E-state index is 13.2. The number of amides is 1. The predicted octanol–water partition coefficient (Wildman–Crippen LogP) is 7.35. The van der Waals surface area contributed by atoms with Gasteiger partial charge in [0.2, 0.25) is 16.0 Å². The fourth-order valence-corrected chi connectivity index (χ4v) is 6.12. The molecule has 1 saturated carbocycles. The monoisotopic (exact) mass is 790 g/mol. The number of nitrogens with one attached hydrogen (secondary N) is 4. The number of fused-ring (bicyclic) bond motifs is 1. The van der Waals surface area contributed by atoms with E-state index in [2.05, 4.69) is 30.9 Å². The zero-order valence-corrected chi connectivity index (χ0v) is 28.9. The molecule has 5 N–H and O–H groups in total. The van der Waals surface area contributed by atoms with Crippen molar-refractivity contribution >= 4 is 44.8 Å². The Bertz CT molecular complexity index is 1830. The van der Waals surface area contributed by atoms with Crippen molar-refractivity contribution in [3.8, 4) is 0 Å². The molecule has 0 saturated heterocycles. The molecule has 1 aliphatic carbocycles. The number of sulfonamides is 1. The molecular weight excluding hydrogens is 755 g/mol. The Morgan fingerprint density at radius 3 is 1.83 bits per heavy atom. The number of hydrazine groups is 1. The highest BCUT2D eigenvalue weighted by Gasteiger charge is 2.39. The highest BCUT2D eigenvalue weighted by Crippen LogP contribution is 2.37. The van der Waals surface area contributed by atoms with Gasteiger partial charge < -0.3 is 15.2 Å². The molecule has 1 aliphatic rings. The van der Waals surface area contributed by atoms with Crippen molar-refractivity contribution < 1.29 is 67.4 Å². The van der Waals surface area contributed by atoms with E-state index in [0.717, 1.165) is 0 Å². The second kappa shape index (κ2) is 16.6. The lowest BCUT2D eigenvalue weighted by atomic mass is 9.82. The van der Waals surface area contributed by atoms with E-state index in [-0.39, 0.29) is 36.6 Å². The molecule has 3 aromatic rings. The Morgan fingerprint density at radius 2 is 1.34 bits per heavy atom. The van der Waals surface area contributed by atoms with Gasteiger partial charge in [-0.3, -0.25) is 5.43 Å². The van der Waals surface area contributed by atoms with Crippen LogP contribution in [0.1, 0.15) is 57.6 Å². The molecule has 12 nitrogen and oxygen atoms in total. The van der Waals surface area contributed by atoms with Gasteiger partial charge in [-0.2, -0.15) is 44.5 Å². The standard InChI is InChI=1S/C29H34F6N6O4S.C2HF3O2/c1-27(2,3)45-26(42)41-40-24-22-6-4-5-7-23(22)38-25(39-24)36-15-17-8-10-18(11-9-17)16-37-46(43,44)21-13-19(28(30,31)32)12-20(14-21)29(33,34)35;3-2(4,5)1(6)7/h4-7,12-14,17-18,37H,8-11,15-16H2,1-3H3,(H,41,42)(H2,36,38,39,40);(H,6,7). The first-order valence-electron chi connectivity index (χ1n) is 15.6. The largest absolute Gasteiger partial charge is 0.490 e. The van der Waals surface area contributed by atoms with E-state index in [1.165, 1.54) is 0 Å². The van der Waals surface area contributed by atoms with Crippen LogP contribution < -0.4 is 20.9 Å². The molecule has 294 valence electrons. The number of nitrogens with zero attached hydrogens (tertiary/aromatic N) is 2. The Balaban J connectivity index is 0.000000980. The zero-order valence-electron chi connectivity index (χ0n) is 28.1. The summed E-state index contributed by atoms with van der Waals surface area (Å²) in [6.45, 7) is 5.56. The Morgan fingerprint density at radius 1 is 0.830 bits per heavy atom. The van der Waals surface area contributed by atoms with Crippen molar-refractivity contribution in [2.24, 2.45) is 11.8 Å². The summed E-state index contributed by atoms with van der Waals surface area (Å²) >= 11 is 0. The topological polar surface area (TPSA) is 172 Å². The molecule has 0 radical (unpaired) electrons. The van der Waals surface area contributed by atoms with E-state index in [1.807, 2.05) is 6.07 Å². The molecule has 0 bridgehead atoms. The van der Waals surface area contributed by atoms with Crippen LogP contribution >= 0.6 is 0 Å². The van der Waals surface area contributed by atoms with E-state index in [0.29, 0.717) is 54.9 Å². The molecule has 1 amide bonds. The first-order chi connectivity index (χ1) is 24.2. The number of rotatable bonds is 9. The van der Waals surface area contributed by atoms with Crippen molar-refractivity contribution in [1.29, 1.82) is 0 Å². The maximum absolute atomic E-state index is 13.2. The molecule has 0 atom stereocenters. The van der Waals surface area contributed by atoms with Gasteiger partial charge in [0.1, 0.15) is 5.60 Å². The zero-order chi connectivity index (χ0) is 40.0. The molecule has 22 heteroatoms. The highest BCUT2D eigenvalue weighted by molar-refractivity contribution is 7.89. The van der Waals surface area contributed by atoms with Gasteiger partial charge in [-0.05, 0) is 88.6 Å². The van der Waals surface area contributed by atoms with Gasteiger partial charge in [0.15, 0.2) is 5.82 Å². The second-order valence-corrected chi connectivity index (χ2v) is 14.6. The lowest BCUT2D eigenvalue weighted by Crippen LogP contribution is -2.36. The van der Waals surface area contributed by atoms with Gasteiger partial charge in [0.25, 0.3) is 0 Å². The fraction of sp³-hybridized carbons (Fsp3) is 0.484. The fourth-order valence-electron chi connectivity index (χ4n) is 4.93. The summed E-state index contributed by atoms with van der Waals surface area (Å²) < 4.78 is 144. The molecule has 0 aliphatic heterocycles. The second-order valence-electron chi connectivity index (χ2n) is 12.8. The summed E-state index contributed by atoms with van der Waals surface area (Å²) in [5.74, 6) is -2.10. The van der Waals surface area contributed by atoms with Crippen molar-refractivity contribution in [2.45, 2.75) is 75.5 Å². The van der Waals surface area contributed by atoms with E-state index in [9.17, 15) is 52.7 Å². The number of carbonyl (C=O) groups is 2. The van der Waals surface area contributed by atoms with Crippen LogP contribution in [0.4, 0.5) is 56.1 Å². The first kappa shape index (κ1) is 42.8. The van der Waals surface area contributed by atoms with Gasteiger partial charge in [-0.1, -0.05) is 12.1 Å². The van der Waals surface area contributed by atoms with Gasteiger partial charge in [0.05, 0.1) is 21.5 Å². The minimum absolute atomic E-state index is 0.116. The molecule has 1 fully saturated rings. The van der Waals surface area contributed by atoms with Crippen LogP contribution in [-0.2, 0) is 31.9 Å². The third-order valence-corrected chi connectivity index (χ3v) is 8.88. The predicted molar refractivity (Wildman–Crippen MR) is 172 cm³/mol. The number of carboxylic acids is 1. The molecular formula is C31H35F9N6O6S. The average molecular weight is 791 g/mol. The molecule has 0 unspecified atom stereocenters. The van der Waals surface area contributed by atoms with Crippen LogP contribution in [0.2, 0.25) is 0 Å². The van der Waals surface area contributed by atoms with Gasteiger partial charge >= 0.3 is 30.6 Å². The summed E-state index contributed by atoms with van der Waals surface area (Å²) in [5, 5.41) is 11.0. The highest BCUT2D eigenvalue weighted by atomic mass is 32.2. The Labute approximate surface area is 296 Å². The van der Waals surface area contributed by atoms with Crippen LogP contribution in [0.3, 0.4) is 0 Å². The summed E-state index contributed by atoms with van der Waals surface area (Å²) in [6.07, 6.45) is -13.6. The SMILES string of the molecule is CC(C)(C)OC(=O)NNc1nc(NCC2CCC(CNS(=O)(=O)c3cc(C(F)(F)F)cc(C(F)(F)F)c3)CC2)nc2ccccc12.O=C(O)C(F)(F)F. The maximum Gasteiger partial charge on any atom is 0.490 e. The number of aromatic nitrogens is 2.